The summed E-state index contributed by atoms with van der Waals surface area (Å²) in [5, 5.41) is 0.335. The number of morpholine rings is 1. The molecule has 7 nitrogen and oxygen atoms in total. The smallest absolute Gasteiger partial charge is 0.252 e. The summed E-state index contributed by atoms with van der Waals surface area (Å²) in [6.07, 6.45) is 3.85. The van der Waals surface area contributed by atoms with Gasteiger partial charge in [-0.15, -0.1) is 12.4 Å². The van der Waals surface area contributed by atoms with Gasteiger partial charge in [-0.3, -0.25) is 14.6 Å². The molecule has 0 unspecified atom stereocenters. The van der Waals surface area contributed by atoms with Gasteiger partial charge in [0.05, 0.1) is 17.9 Å². The molecule has 11 heteroatoms. The van der Waals surface area contributed by atoms with Gasteiger partial charge in [-0.1, -0.05) is 17.4 Å². The predicted molar refractivity (Wildman–Crippen MR) is 133 cm³/mol. The maximum Gasteiger partial charge on any atom is 0.252 e. The van der Waals surface area contributed by atoms with Gasteiger partial charge in [0.2, 0.25) is 6.79 Å². The third-order valence-corrected chi connectivity index (χ3v) is 6.70. The molecule has 0 radical (unpaired) electrons. The molecular weight excluding hydrogens is 500 g/mol. The highest BCUT2D eigenvalue weighted by Gasteiger charge is 2.21. The number of thiazole rings is 1. The fraction of sp³-hybridized carbons (Fsp3) is 0.333. The fourth-order valence-electron chi connectivity index (χ4n) is 3.91. The molecule has 186 valence electrons. The molecule has 0 N–H and O–H groups in total. The number of ether oxygens (including phenoxy) is 3. The Balaban J connectivity index is 0.00000289. The van der Waals surface area contributed by atoms with Gasteiger partial charge in [-0.05, 0) is 36.3 Å². The van der Waals surface area contributed by atoms with Gasteiger partial charge in [-0.25, -0.2) is 13.8 Å². The second kappa shape index (κ2) is 11.3. The molecule has 2 aliphatic rings. The van der Waals surface area contributed by atoms with E-state index in [0.717, 1.165) is 42.6 Å². The summed E-state index contributed by atoms with van der Waals surface area (Å²) < 4.78 is 44.4. The van der Waals surface area contributed by atoms with Gasteiger partial charge < -0.3 is 14.2 Å². The lowest BCUT2D eigenvalue weighted by Gasteiger charge is -2.27. The summed E-state index contributed by atoms with van der Waals surface area (Å²) in [5.41, 5.74) is 0.843. The zero-order valence-corrected chi connectivity index (χ0v) is 20.4. The molecule has 0 atom stereocenters. The first-order valence-electron chi connectivity index (χ1n) is 11.0. The number of amides is 1. The summed E-state index contributed by atoms with van der Waals surface area (Å²) in [5.74, 6) is -0.417. The minimum atomic E-state index is -0.742. The Kier molecular flexibility index (Phi) is 8.17. The van der Waals surface area contributed by atoms with E-state index in [1.165, 1.54) is 17.0 Å². The van der Waals surface area contributed by atoms with Crippen LogP contribution in [0.1, 0.15) is 12.0 Å². The molecule has 0 saturated carbocycles. The van der Waals surface area contributed by atoms with Crippen molar-refractivity contribution in [2.45, 2.75) is 6.42 Å². The molecular formula is C24H24ClF2N3O4S. The largest absolute Gasteiger partial charge is 0.454 e. The van der Waals surface area contributed by atoms with Crippen molar-refractivity contribution in [2.75, 3.05) is 51.1 Å². The minimum Gasteiger partial charge on any atom is -0.454 e. The Morgan fingerprint density at radius 2 is 1.94 bits per heavy atom. The minimum absolute atomic E-state index is 0. The fourth-order valence-corrected chi connectivity index (χ4v) is 4.95. The van der Waals surface area contributed by atoms with E-state index in [0.29, 0.717) is 47.5 Å². The predicted octanol–water partition coefficient (Wildman–Crippen LogP) is 4.49. The summed E-state index contributed by atoms with van der Waals surface area (Å²) in [6, 6.07) is 7.45. The van der Waals surface area contributed by atoms with Crippen molar-refractivity contribution < 1.29 is 27.8 Å². The van der Waals surface area contributed by atoms with Crippen LogP contribution in [-0.4, -0.2) is 62.0 Å². The van der Waals surface area contributed by atoms with Gasteiger partial charge in [-0.2, -0.15) is 0 Å². The normalized spacial score (nSPS) is 15.5. The molecule has 2 aliphatic heterocycles. The summed E-state index contributed by atoms with van der Waals surface area (Å²) in [7, 11) is 0. The lowest BCUT2D eigenvalue weighted by Crippen LogP contribution is -2.39. The Hall–Kier alpha value is -2.79. The highest BCUT2D eigenvalue weighted by atomic mass is 35.5. The van der Waals surface area contributed by atoms with Crippen molar-refractivity contribution in [1.29, 1.82) is 0 Å². The molecule has 1 amide bonds. The second-order valence-corrected chi connectivity index (χ2v) is 8.98. The quantitative estimate of drug-likeness (QED) is 0.425. The third-order valence-electron chi connectivity index (χ3n) is 5.67. The number of hydrogen-bond acceptors (Lipinski definition) is 7. The van der Waals surface area contributed by atoms with Crippen molar-refractivity contribution in [3.05, 3.63) is 53.6 Å². The highest BCUT2D eigenvalue weighted by Crippen LogP contribution is 2.33. The SMILES string of the molecule is Cl.O=C(/C=C/c1ccc2c(c1)OCO2)N(CCCN1CCOCC1)c1nc2c(F)cc(F)cc2s1. The number of benzene rings is 2. The maximum absolute atomic E-state index is 14.2. The molecule has 35 heavy (non-hydrogen) atoms. The van der Waals surface area contributed by atoms with Gasteiger partial charge in [0, 0.05) is 38.3 Å². The number of nitrogens with zero attached hydrogens (tertiary/aromatic N) is 3. The molecule has 3 heterocycles. The zero-order chi connectivity index (χ0) is 23.5. The van der Waals surface area contributed by atoms with Crippen molar-refractivity contribution >= 4 is 51.1 Å². The summed E-state index contributed by atoms with van der Waals surface area (Å²) in [6.45, 7) is 4.46. The molecule has 3 aromatic rings. The summed E-state index contributed by atoms with van der Waals surface area (Å²) in [4.78, 5) is 21.3. The Labute approximate surface area is 211 Å². The molecule has 0 bridgehead atoms. The van der Waals surface area contributed by atoms with Gasteiger partial charge >= 0.3 is 0 Å². The van der Waals surface area contributed by atoms with E-state index < -0.39 is 11.6 Å². The average Bonchev–Trinajstić information content (AvgIpc) is 3.47. The number of rotatable bonds is 7. The van der Waals surface area contributed by atoms with Crippen LogP contribution in [0.4, 0.5) is 13.9 Å². The molecule has 1 fully saturated rings. The lowest BCUT2D eigenvalue weighted by molar-refractivity contribution is -0.114. The van der Waals surface area contributed by atoms with Crippen LogP contribution in [0.3, 0.4) is 0 Å². The first-order valence-corrected chi connectivity index (χ1v) is 11.8. The molecule has 0 spiro atoms. The molecule has 2 aromatic carbocycles. The van der Waals surface area contributed by atoms with E-state index in [2.05, 4.69) is 9.88 Å². The van der Waals surface area contributed by atoms with Crippen LogP contribution in [-0.2, 0) is 9.53 Å². The van der Waals surface area contributed by atoms with Crippen LogP contribution in [0.25, 0.3) is 16.3 Å². The van der Waals surface area contributed by atoms with E-state index in [1.54, 1.807) is 18.2 Å². The Morgan fingerprint density at radius 3 is 2.77 bits per heavy atom. The van der Waals surface area contributed by atoms with E-state index in [1.807, 2.05) is 6.07 Å². The standard InChI is InChI=1S/C24H23F2N3O4S.ClH/c25-17-13-18(26)23-21(14-17)34-24(27-23)29(7-1-6-28-8-10-31-11-9-28)22(30)5-3-16-2-4-19-20(12-16)33-15-32-19;/h2-5,12-14H,1,6-11,15H2;1H/b5-3+;. The number of anilines is 1. The van der Waals surface area contributed by atoms with E-state index in [4.69, 9.17) is 14.2 Å². The van der Waals surface area contributed by atoms with Crippen LogP contribution >= 0.6 is 23.7 Å². The maximum atomic E-state index is 14.2. The topological polar surface area (TPSA) is 64.1 Å². The van der Waals surface area contributed by atoms with Crippen molar-refractivity contribution in [3.63, 3.8) is 0 Å². The van der Waals surface area contributed by atoms with Crippen LogP contribution in [0.5, 0.6) is 11.5 Å². The van der Waals surface area contributed by atoms with Crippen LogP contribution in [0.15, 0.2) is 36.4 Å². The number of carbonyl (C=O) groups is 1. The number of halogens is 3. The van der Waals surface area contributed by atoms with Crippen LogP contribution < -0.4 is 14.4 Å². The molecule has 0 aliphatic carbocycles. The first-order chi connectivity index (χ1) is 16.6. The average molecular weight is 524 g/mol. The zero-order valence-electron chi connectivity index (χ0n) is 18.7. The van der Waals surface area contributed by atoms with Gasteiger partial charge in [0.1, 0.15) is 11.3 Å². The lowest BCUT2D eigenvalue weighted by atomic mass is 10.2. The Morgan fingerprint density at radius 1 is 1.14 bits per heavy atom. The number of aromatic nitrogens is 1. The molecule has 1 aromatic heterocycles. The second-order valence-electron chi connectivity index (χ2n) is 7.97. The van der Waals surface area contributed by atoms with Gasteiger partial charge in [0.15, 0.2) is 22.4 Å². The molecule has 1 saturated heterocycles. The van der Waals surface area contributed by atoms with Crippen molar-refractivity contribution in [2.24, 2.45) is 0 Å². The van der Waals surface area contributed by atoms with Gasteiger partial charge in [0.25, 0.3) is 5.91 Å². The number of hydrogen-bond donors (Lipinski definition) is 0. The van der Waals surface area contributed by atoms with Crippen LogP contribution in [0, 0.1) is 11.6 Å². The van der Waals surface area contributed by atoms with E-state index >= 15 is 0 Å². The van der Waals surface area contributed by atoms with E-state index in [9.17, 15) is 13.6 Å². The third kappa shape index (κ3) is 5.90. The Bertz CT molecular complexity index is 1230. The van der Waals surface area contributed by atoms with Crippen molar-refractivity contribution in [3.8, 4) is 11.5 Å². The molecule has 5 rings (SSSR count). The number of carbonyl (C=O) groups excluding carboxylic acids is 1. The summed E-state index contributed by atoms with van der Waals surface area (Å²) >= 11 is 1.10. The monoisotopic (exact) mass is 523 g/mol. The van der Waals surface area contributed by atoms with Crippen molar-refractivity contribution in [1.82, 2.24) is 9.88 Å². The highest BCUT2D eigenvalue weighted by molar-refractivity contribution is 7.22. The first kappa shape index (κ1) is 25.3. The van der Waals surface area contributed by atoms with E-state index in [-0.39, 0.29) is 30.6 Å². The van der Waals surface area contributed by atoms with Crippen LogP contribution in [0.2, 0.25) is 0 Å². The number of fused-ring (bicyclic) bond motifs is 2.